The minimum absolute atomic E-state index is 0.146. The van der Waals surface area contributed by atoms with Crippen LogP contribution in [0.15, 0.2) is 28.8 Å². The van der Waals surface area contributed by atoms with Crippen molar-refractivity contribution in [1.29, 1.82) is 0 Å². The van der Waals surface area contributed by atoms with Gasteiger partial charge in [0.25, 0.3) is 0 Å². The molecule has 1 aromatic carbocycles. The van der Waals surface area contributed by atoms with Crippen LogP contribution in [0.2, 0.25) is 5.02 Å². The second-order valence-electron chi connectivity index (χ2n) is 4.94. The van der Waals surface area contributed by atoms with Gasteiger partial charge in [-0.2, -0.15) is 4.98 Å². The minimum atomic E-state index is -0.438. The number of nitrogens with zero attached hydrogens (tertiary/aromatic N) is 2. The van der Waals surface area contributed by atoms with Crippen molar-refractivity contribution in [3.8, 4) is 11.4 Å². The fraction of sp³-hybridized carbons (Fsp3) is 0.385. The molecule has 2 N–H and O–H groups in total. The number of benzene rings is 1. The second kappa shape index (κ2) is 4.59. The molecule has 2 unspecified atom stereocenters. The molecule has 1 saturated heterocycles. The summed E-state index contributed by atoms with van der Waals surface area (Å²) in [4.78, 5) is 4.42. The third-order valence-corrected chi connectivity index (χ3v) is 3.88. The highest BCUT2D eigenvalue weighted by atomic mass is 35.5. The summed E-state index contributed by atoms with van der Waals surface area (Å²) < 4.78 is 10.7. The maximum atomic E-state index is 6.12. The molecule has 0 spiro atoms. The number of aromatic nitrogens is 2. The predicted octanol–water partition coefficient (Wildman–Crippen LogP) is 2.01. The highest BCUT2D eigenvalue weighted by Gasteiger charge is 2.44. The van der Waals surface area contributed by atoms with E-state index < -0.39 is 5.41 Å². The molecular weight excluding hydrogens is 266 g/mol. The third-order valence-electron chi connectivity index (χ3n) is 3.55. The maximum Gasteiger partial charge on any atom is 0.236 e. The predicted molar refractivity (Wildman–Crippen MR) is 70.9 cm³/mol. The van der Waals surface area contributed by atoms with E-state index in [1.807, 2.05) is 25.1 Å². The van der Waals surface area contributed by atoms with E-state index in [1.54, 1.807) is 6.07 Å². The van der Waals surface area contributed by atoms with Gasteiger partial charge in [0.05, 0.1) is 23.7 Å². The first kappa shape index (κ1) is 12.6. The van der Waals surface area contributed by atoms with Crippen molar-refractivity contribution in [3.63, 3.8) is 0 Å². The lowest BCUT2D eigenvalue weighted by molar-refractivity contribution is 0.169. The van der Waals surface area contributed by atoms with E-state index in [0.717, 1.165) is 5.56 Å². The normalized spacial score (nSPS) is 26.8. The molecule has 0 aliphatic carbocycles. The van der Waals surface area contributed by atoms with E-state index in [-0.39, 0.29) is 6.04 Å². The van der Waals surface area contributed by atoms with E-state index in [0.29, 0.717) is 30.0 Å². The van der Waals surface area contributed by atoms with Gasteiger partial charge in [-0.15, -0.1) is 0 Å². The van der Waals surface area contributed by atoms with Crippen LogP contribution >= 0.6 is 11.6 Å². The fourth-order valence-corrected chi connectivity index (χ4v) is 2.34. The largest absolute Gasteiger partial charge is 0.379 e. The summed E-state index contributed by atoms with van der Waals surface area (Å²) in [6.45, 7) is 2.95. The summed E-state index contributed by atoms with van der Waals surface area (Å²) in [5.74, 6) is 0.966. The molecule has 2 heterocycles. The Bertz CT molecular complexity index is 601. The Hall–Kier alpha value is -1.43. The molecule has 1 aromatic heterocycles. The van der Waals surface area contributed by atoms with Crippen LogP contribution in [0, 0.1) is 0 Å². The van der Waals surface area contributed by atoms with Crippen LogP contribution in [0.1, 0.15) is 12.8 Å². The summed E-state index contributed by atoms with van der Waals surface area (Å²) in [5.41, 5.74) is 6.35. The number of ether oxygens (including phenoxy) is 1. The van der Waals surface area contributed by atoms with E-state index in [9.17, 15) is 0 Å². The molecule has 19 heavy (non-hydrogen) atoms. The lowest BCUT2D eigenvalue weighted by atomic mass is 9.86. The standard InChI is InChI=1S/C13H14ClN3O2/c1-13(7-18-6-10(13)15)12-16-11(17-19-12)8-4-2-3-5-9(8)14/h2-5,10H,6-7,15H2,1H3. The third kappa shape index (κ3) is 2.04. The molecule has 0 amide bonds. The van der Waals surface area contributed by atoms with Crippen molar-refractivity contribution in [2.45, 2.75) is 18.4 Å². The van der Waals surface area contributed by atoms with E-state index in [1.165, 1.54) is 0 Å². The summed E-state index contributed by atoms with van der Waals surface area (Å²) in [7, 11) is 0. The Morgan fingerprint density at radius 3 is 2.89 bits per heavy atom. The van der Waals surface area contributed by atoms with Crippen LogP contribution < -0.4 is 5.73 Å². The quantitative estimate of drug-likeness (QED) is 0.910. The molecule has 0 radical (unpaired) electrons. The monoisotopic (exact) mass is 279 g/mol. The van der Waals surface area contributed by atoms with Crippen LogP contribution in [0.4, 0.5) is 0 Å². The van der Waals surface area contributed by atoms with Crippen molar-refractivity contribution >= 4 is 11.6 Å². The van der Waals surface area contributed by atoms with Crippen LogP contribution in [0.3, 0.4) is 0 Å². The van der Waals surface area contributed by atoms with Crippen LogP contribution in [0.25, 0.3) is 11.4 Å². The molecule has 3 rings (SSSR count). The van der Waals surface area contributed by atoms with Crippen molar-refractivity contribution < 1.29 is 9.26 Å². The molecule has 100 valence electrons. The molecule has 2 aromatic rings. The van der Waals surface area contributed by atoms with Crippen LogP contribution in [0.5, 0.6) is 0 Å². The first-order valence-electron chi connectivity index (χ1n) is 6.04. The molecular formula is C13H14ClN3O2. The Morgan fingerprint density at radius 2 is 2.21 bits per heavy atom. The average Bonchev–Trinajstić information content (AvgIpc) is 2.99. The summed E-state index contributed by atoms with van der Waals surface area (Å²) >= 11 is 6.12. The summed E-state index contributed by atoms with van der Waals surface area (Å²) in [5, 5.41) is 4.58. The van der Waals surface area contributed by atoms with Crippen molar-refractivity contribution in [1.82, 2.24) is 10.1 Å². The van der Waals surface area contributed by atoms with Crippen LogP contribution in [-0.2, 0) is 10.2 Å². The highest BCUT2D eigenvalue weighted by molar-refractivity contribution is 6.33. The van der Waals surface area contributed by atoms with Gasteiger partial charge >= 0.3 is 0 Å². The van der Waals surface area contributed by atoms with Crippen molar-refractivity contribution in [2.24, 2.45) is 5.73 Å². The molecule has 1 fully saturated rings. The first-order chi connectivity index (χ1) is 9.11. The lowest BCUT2D eigenvalue weighted by Gasteiger charge is -2.21. The smallest absolute Gasteiger partial charge is 0.236 e. The average molecular weight is 280 g/mol. The zero-order valence-corrected chi connectivity index (χ0v) is 11.2. The van der Waals surface area contributed by atoms with Gasteiger partial charge < -0.3 is 15.0 Å². The van der Waals surface area contributed by atoms with Gasteiger partial charge in [0.1, 0.15) is 0 Å². The highest BCUT2D eigenvalue weighted by Crippen LogP contribution is 2.33. The number of rotatable bonds is 2. The van der Waals surface area contributed by atoms with Gasteiger partial charge in [0.15, 0.2) is 0 Å². The van der Waals surface area contributed by atoms with Gasteiger partial charge in [-0.1, -0.05) is 28.9 Å². The molecule has 0 bridgehead atoms. The van der Waals surface area contributed by atoms with Crippen LogP contribution in [-0.4, -0.2) is 29.4 Å². The van der Waals surface area contributed by atoms with Gasteiger partial charge in [0, 0.05) is 11.6 Å². The second-order valence-corrected chi connectivity index (χ2v) is 5.35. The summed E-state index contributed by atoms with van der Waals surface area (Å²) in [6.07, 6.45) is 0. The molecule has 1 aliphatic rings. The van der Waals surface area contributed by atoms with Gasteiger partial charge in [-0.3, -0.25) is 0 Å². The van der Waals surface area contributed by atoms with Gasteiger partial charge in [-0.05, 0) is 19.1 Å². The topological polar surface area (TPSA) is 74.2 Å². The lowest BCUT2D eigenvalue weighted by Crippen LogP contribution is -2.42. The van der Waals surface area contributed by atoms with Gasteiger partial charge in [0.2, 0.25) is 11.7 Å². The molecule has 2 atom stereocenters. The number of nitrogens with two attached hydrogens (primary N) is 1. The van der Waals surface area contributed by atoms with Crippen molar-refractivity contribution in [3.05, 3.63) is 35.2 Å². The zero-order chi connectivity index (χ0) is 13.5. The number of halogens is 1. The Labute approximate surface area is 115 Å². The minimum Gasteiger partial charge on any atom is -0.379 e. The Morgan fingerprint density at radius 1 is 1.42 bits per heavy atom. The Balaban J connectivity index is 1.98. The molecule has 5 nitrogen and oxygen atoms in total. The molecule has 1 aliphatic heterocycles. The summed E-state index contributed by atoms with van der Waals surface area (Å²) in [6, 6.07) is 7.23. The zero-order valence-electron chi connectivity index (χ0n) is 10.5. The van der Waals surface area contributed by atoms with E-state index in [4.69, 9.17) is 26.6 Å². The van der Waals surface area contributed by atoms with Gasteiger partial charge in [-0.25, -0.2) is 0 Å². The molecule has 0 saturated carbocycles. The fourth-order valence-electron chi connectivity index (χ4n) is 2.12. The maximum absolute atomic E-state index is 6.12. The van der Waals surface area contributed by atoms with E-state index >= 15 is 0 Å². The van der Waals surface area contributed by atoms with E-state index in [2.05, 4.69) is 10.1 Å². The molecule has 6 heteroatoms. The first-order valence-corrected chi connectivity index (χ1v) is 6.41. The number of hydrogen-bond donors (Lipinski definition) is 1. The Kier molecular flexibility index (Phi) is 3.05. The van der Waals surface area contributed by atoms with Crippen molar-refractivity contribution in [2.75, 3.05) is 13.2 Å². The number of hydrogen-bond acceptors (Lipinski definition) is 5. The SMILES string of the molecule is CC1(c2nc(-c3ccccc3Cl)no2)COCC1N.